The zero-order valence-electron chi connectivity index (χ0n) is 15.9. The molecule has 0 radical (unpaired) electrons. The fraction of sp³-hybridized carbons (Fsp3) is 0.600. The number of carbonyl (C=O) groups excluding carboxylic acids is 2. The third-order valence-corrected chi connectivity index (χ3v) is 4.27. The van der Waals surface area contributed by atoms with E-state index in [0.717, 1.165) is 5.56 Å². The summed E-state index contributed by atoms with van der Waals surface area (Å²) in [5.74, 6) is -0.272. The SMILES string of the molecule is CC(C)(C)OC(=O)NC1(CCC(=O)OCc2ccccc2)CCOCC1. The molecule has 0 bridgehead atoms. The molecule has 1 aromatic carbocycles. The van der Waals surface area contributed by atoms with E-state index in [-0.39, 0.29) is 19.0 Å². The first-order valence-corrected chi connectivity index (χ1v) is 9.07. The smallest absolute Gasteiger partial charge is 0.408 e. The molecule has 0 spiro atoms. The van der Waals surface area contributed by atoms with E-state index >= 15 is 0 Å². The second kappa shape index (κ2) is 9.03. The van der Waals surface area contributed by atoms with E-state index < -0.39 is 17.2 Å². The fourth-order valence-corrected chi connectivity index (χ4v) is 2.87. The molecule has 1 aliphatic rings. The summed E-state index contributed by atoms with van der Waals surface area (Å²) in [6.07, 6.45) is 1.58. The number of carbonyl (C=O) groups is 2. The van der Waals surface area contributed by atoms with E-state index in [4.69, 9.17) is 14.2 Å². The minimum atomic E-state index is -0.564. The summed E-state index contributed by atoms with van der Waals surface area (Å²) in [7, 11) is 0. The van der Waals surface area contributed by atoms with Gasteiger partial charge >= 0.3 is 12.1 Å². The highest BCUT2D eigenvalue weighted by molar-refractivity contribution is 5.71. The van der Waals surface area contributed by atoms with E-state index in [1.807, 2.05) is 51.1 Å². The maximum atomic E-state index is 12.2. The number of benzene rings is 1. The lowest BCUT2D eigenvalue weighted by atomic mass is 9.85. The van der Waals surface area contributed by atoms with Gasteiger partial charge in [-0.2, -0.15) is 0 Å². The highest BCUT2D eigenvalue weighted by Gasteiger charge is 2.36. The molecule has 26 heavy (non-hydrogen) atoms. The molecule has 1 heterocycles. The van der Waals surface area contributed by atoms with E-state index in [0.29, 0.717) is 32.5 Å². The molecular formula is C20H29NO5. The van der Waals surface area contributed by atoms with Crippen LogP contribution in [0.5, 0.6) is 0 Å². The second-order valence-electron chi connectivity index (χ2n) is 7.67. The summed E-state index contributed by atoms with van der Waals surface area (Å²) in [4.78, 5) is 24.3. The van der Waals surface area contributed by atoms with Gasteiger partial charge in [0.2, 0.25) is 0 Å². The van der Waals surface area contributed by atoms with Crippen molar-refractivity contribution in [2.24, 2.45) is 0 Å². The summed E-state index contributed by atoms with van der Waals surface area (Å²) < 4.78 is 16.1. The van der Waals surface area contributed by atoms with Crippen molar-refractivity contribution < 1.29 is 23.8 Å². The van der Waals surface area contributed by atoms with Crippen LogP contribution in [0, 0.1) is 0 Å². The lowest BCUT2D eigenvalue weighted by molar-refractivity contribution is -0.145. The third-order valence-electron chi connectivity index (χ3n) is 4.27. The Morgan fingerprint density at radius 3 is 2.42 bits per heavy atom. The maximum Gasteiger partial charge on any atom is 0.408 e. The van der Waals surface area contributed by atoms with Gasteiger partial charge in [-0.3, -0.25) is 4.79 Å². The standard InChI is InChI=1S/C20H29NO5/c1-19(2,3)26-18(23)21-20(11-13-24-14-12-20)10-9-17(22)25-15-16-7-5-4-6-8-16/h4-8H,9-15H2,1-3H3,(H,21,23). The van der Waals surface area contributed by atoms with Gasteiger partial charge in [0, 0.05) is 25.2 Å². The van der Waals surface area contributed by atoms with Crippen LogP contribution in [0.1, 0.15) is 52.0 Å². The van der Waals surface area contributed by atoms with Crippen molar-refractivity contribution in [3.63, 3.8) is 0 Å². The highest BCUT2D eigenvalue weighted by Crippen LogP contribution is 2.27. The largest absolute Gasteiger partial charge is 0.461 e. The molecule has 1 saturated heterocycles. The van der Waals surface area contributed by atoms with Crippen molar-refractivity contribution in [1.82, 2.24) is 5.32 Å². The lowest BCUT2D eigenvalue weighted by Crippen LogP contribution is -2.53. The molecule has 1 amide bonds. The van der Waals surface area contributed by atoms with Crippen LogP contribution in [0.15, 0.2) is 30.3 Å². The van der Waals surface area contributed by atoms with Gasteiger partial charge in [-0.25, -0.2) is 4.79 Å². The van der Waals surface area contributed by atoms with Gasteiger partial charge in [0.1, 0.15) is 12.2 Å². The molecule has 6 nitrogen and oxygen atoms in total. The predicted molar refractivity (Wildman–Crippen MR) is 97.6 cm³/mol. The molecular weight excluding hydrogens is 334 g/mol. The molecule has 1 fully saturated rings. The summed E-state index contributed by atoms with van der Waals surface area (Å²) in [5.41, 5.74) is -0.106. The molecule has 0 aliphatic carbocycles. The van der Waals surface area contributed by atoms with Gasteiger partial charge in [0.15, 0.2) is 0 Å². The van der Waals surface area contributed by atoms with Crippen molar-refractivity contribution in [3.8, 4) is 0 Å². The topological polar surface area (TPSA) is 73.9 Å². The van der Waals surface area contributed by atoms with Crippen LogP contribution >= 0.6 is 0 Å². The summed E-state index contributed by atoms with van der Waals surface area (Å²) in [6.45, 7) is 6.83. The summed E-state index contributed by atoms with van der Waals surface area (Å²) >= 11 is 0. The molecule has 0 unspecified atom stereocenters. The minimum Gasteiger partial charge on any atom is -0.461 e. The first kappa shape index (κ1) is 20.2. The molecule has 0 atom stereocenters. The van der Waals surface area contributed by atoms with Gasteiger partial charge < -0.3 is 19.5 Å². The Morgan fingerprint density at radius 1 is 1.15 bits per heavy atom. The van der Waals surface area contributed by atoms with E-state index in [9.17, 15) is 9.59 Å². The number of nitrogens with one attached hydrogen (secondary N) is 1. The molecule has 0 saturated carbocycles. The molecule has 6 heteroatoms. The van der Waals surface area contributed by atoms with Crippen molar-refractivity contribution in [1.29, 1.82) is 0 Å². The fourth-order valence-electron chi connectivity index (χ4n) is 2.87. The van der Waals surface area contributed by atoms with Crippen molar-refractivity contribution in [3.05, 3.63) is 35.9 Å². The van der Waals surface area contributed by atoms with Gasteiger partial charge in [0.25, 0.3) is 0 Å². The average Bonchev–Trinajstić information content (AvgIpc) is 2.58. The molecule has 1 aliphatic heterocycles. The number of rotatable bonds is 6. The molecule has 2 rings (SSSR count). The number of ether oxygens (including phenoxy) is 3. The Balaban J connectivity index is 1.86. The van der Waals surface area contributed by atoms with Crippen molar-refractivity contribution in [2.75, 3.05) is 13.2 Å². The maximum absolute atomic E-state index is 12.2. The van der Waals surface area contributed by atoms with Crippen LogP contribution in [-0.2, 0) is 25.6 Å². The average molecular weight is 363 g/mol. The zero-order chi connectivity index (χ0) is 19.0. The summed E-state index contributed by atoms with van der Waals surface area (Å²) in [5, 5.41) is 2.97. The van der Waals surface area contributed by atoms with Gasteiger partial charge in [-0.05, 0) is 45.6 Å². The first-order valence-electron chi connectivity index (χ1n) is 9.07. The zero-order valence-corrected chi connectivity index (χ0v) is 15.9. The number of hydrogen-bond donors (Lipinski definition) is 1. The first-order chi connectivity index (χ1) is 12.3. The number of amides is 1. The van der Waals surface area contributed by atoms with Crippen molar-refractivity contribution in [2.45, 2.75) is 64.2 Å². The lowest BCUT2D eigenvalue weighted by Gasteiger charge is -2.38. The Kier molecular flexibility index (Phi) is 7.03. The Morgan fingerprint density at radius 2 is 1.81 bits per heavy atom. The Bertz CT molecular complexity index is 588. The Labute approximate surface area is 155 Å². The molecule has 1 aromatic rings. The monoisotopic (exact) mass is 363 g/mol. The van der Waals surface area contributed by atoms with Crippen LogP contribution in [0.25, 0.3) is 0 Å². The molecule has 1 N–H and O–H groups in total. The van der Waals surface area contributed by atoms with Crippen LogP contribution in [0.3, 0.4) is 0 Å². The Hall–Kier alpha value is -2.08. The number of esters is 1. The third kappa shape index (κ3) is 7.04. The van der Waals surface area contributed by atoms with Crippen LogP contribution in [0.4, 0.5) is 4.79 Å². The number of hydrogen-bond acceptors (Lipinski definition) is 5. The second-order valence-corrected chi connectivity index (χ2v) is 7.67. The number of alkyl carbamates (subject to hydrolysis) is 1. The van der Waals surface area contributed by atoms with E-state index in [1.165, 1.54) is 0 Å². The quantitative estimate of drug-likeness (QED) is 0.782. The van der Waals surface area contributed by atoms with Crippen LogP contribution in [0.2, 0.25) is 0 Å². The van der Waals surface area contributed by atoms with Gasteiger partial charge in [0.05, 0.1) is 0 Å². The van der Waals surface area contributed by atoms with Crippen molar-refractivity contribution >= 4 is 12.1 Å². The van der Waals surface area contributed by atoms with Gasteiger partial charge in [-0.1, -0.05) is 30.3 Å². The predicted octanol–water partition coefficient (Wildman–Crippen LogP) is 3.58. The van der Waals surface area contributed by atoms with E-state index in [1.54, 1.807) is 0 Å². The normalized spacial score (nSPS) is 16.6. The van der Waals surface area contributed by atoms with E-state index in [2.05, 4.69) is 5.32 Å². The van der Waals surface area contributed by atoms with Crippen LogP contribution in [-0.4, -0.2) is 36.4 Å². The molecule has 0 aromatic heterocycles. The highest BCUT2D eigenvalue weighted by atomic mass is 16.6. The summed E-state index contributed by atoms with van der Waals surface area (Å²) in [6, 6.07) is 9.56. The molecule has 144 valence electrons. The van der Waals surface area contributed by atoms with Gasteiger partial charge in [-0.15, -0.1) is 0 Å². The van der Waals surface area contributed by atoms with Crippen LogP contribution < -0.4 is 5.32 Å². The minimum absolute atomic E-state index is 0.239.